The molecule has 216 valence electrons. The fraction of sp³-hybridized carbons (Fsp3) is 0.407. The highest BCUT2D eigenvalue weighted by Crippen LogP contribution is 2.42. The second-order valence-corrected chi connectivity index (χ2v) is 11.0. The Bertz CT molecular complexity index is 1430. The SMILES string of the molecule is COc1cc(CC2C(=O)N(C(C)=O)CC(=O)N2C(=O)OC(C)C)c(OS(=O)(=O)c2ccc(C)cc2)c(C)c1OC. The molecule has 0 spiro atoms. The summed E-state index contributed by atoms with van der Waals surface area (Å²) in [6.45, 7) is 6.96. The Morgan fingerprint density at radius 1 is 1.02 bits per heavy atom. The topological polar surface area (TPSA) is 146 Å². The van der Waals surface area contributed by atoms with Crippen molar-refractivity contribution in [2.75, 3.05) is 20.8 Å². The maximum Gasteiger partial charge on any atom is 0.417 e. The summed E-state index contributed by atoms with van der Waals surface area (Å²) in [5.74, 6) is -2.19. The minimum Gasteiger partial charge on any atom is -0.493 e. The van der Waals surface area contributed by atoms with E-state index in [1.165, 1.54) is 39.3 Å². The molecule has 0 bridgehead atoms. The predicted octanol–water partition coefficient (Wildman–Crippen LogP) is 2.76. The monoisotopic (exact) mass is 576 g/mol. The van der Waals surface area contributed by atoms with Crippen molar-refractivity contribution in [3.8, 4) is 17.2 Å². The van der Waals surface area contributed by atoms with Crippen molar-refractivity contribution in [3.05, 3.63) is 47.0 Å². The van der Waals surface area contributed by atoms with E-state index in [-0.39, 0.29) is 33.3 Å². The molecule has 0 radical (unpaired) electrons. The molecule has 0 aliphatic carbocycles. The molecule has 40 heavy (non-hydrogen) atoms. The zero-order valence-corrected chi connectivity index (χ0v) is 24.2. The minimum atomic E-state index is -4.37. The zero-order chi connectivity index (χ0) is 29.9. The van der Waals surface area contributed by atoms with Gasteiger partial charge in [-0.1, -0.05) is 17.7 Å². The molecule has 4 amide bonds. The smallest absolute Gasteiger partial charge is 0.417 e. The number of rotatable bonds is 8. The quantitative estimate of drug-likeness (QED) is 0.430. The van der Waals surface area contributed by atoms with Crippen molar-refractivity contribution >= 4 is 33.9 Å². The van der Waals surface area contributed by atoms with Gasteiger partial charge in [0.05, 0.1) is 20.3 Å². The second-order valence-electron chi connectivity index (χ2n) is 9.44. The summed E-state index contributed by atoms with van der Waals surface area (Å²) >= 11 is 0. The lowest BCUT2D eigenvalue weighted by atomic mass is 9.97. The molecule has 13 heteroatoms. The Kier molecular flexibility index (Phi) is 9.08. The van der Waals surface area contributed by atoms with Gasteiger partial charge < -0.3 is 18.4 Å². The van der Waals surface area contributed by atoms with Crippen LogP contribution in [0.15, 0.2) is 35.2 Å². The Hall–Kier alpha value is -4.13. The van der Waals surface area contributed by atoms with Crippen molar-refractivity contribution in [3.63, 3.8) is 0 Å². The lowest BCUT2D eigenvalue weighted by molar-refractivity contribution is -0.160. The number of benzene rings is 2. The fourth-order valence-corrected chi connectivity index (χ4v) is 5.27. The molecule has 1 fully saturated rings. The summed E-state index contributed by atoms with van der Waals surface area (Å²) in [5.41, 5.74) is 1.16. The summed E-state index contributed by atoms with van der Waals surface area (Å²) < 4.78 is 48.1. The summed E-state index contributed by atoms with van der Waals surface area (Å²) in [5, 5.41) is 0. The van der Waals surface area contributed by atoms with Crippen LogP contribution in [0.5, 0.6) is 17.2 Å². The van der Waals surface area contributed by atoms with Gasteiger partial charge in [-0.15, -0.1) is 0 Å². The van der Waals surface area contributed by atoms with Crippen LogP contribution in [-0.2, 0) is 35.7 Å². The average molecular weight is 577 g/mol. The number of ether oxygens (including phenoxy) is 3. The van der Waals surface area contributed by atoms with E-state index in [4.69, 9.17) is 18.4 Å². The molecule has 0 saturated carbocycles. The van der Waals surface area contributed by atoms with Gasteiger partial charge in [0.1, 0.15) is 17.5 Å². The van der Waals surface area contributed by atoms with E-state index in [0.29, 0.717) is 4.90 Å². The van der Waals surface area contributed by atoms with Crippen molar-refractivity contribution in [1.82, 2.24) is 9.80 Å². The molecular formula is C27H32N2O10S. The van der Waals surface area contributed by atoms with Crippen LogP contribution in [-0.4, -0.2) is 74.9 Å². The molecule has 1 aliphatic rings. The van der Waals surface area contributed by atoms with Crippen LogP contribution in [0, 0.1) is 13.8 Å². The number of piperazine rings is 1. The van der Waals surface area contributed by atoms with E-state index in [9.17, 15) is 27.6 Å². The highest BCUT2D eigenvalue weighted by molar-refractivity contribution is 7.87. The lowest BCUT2D eigenvalue weighted by Gasteiger charge is -2.37. The van der Waals surface area contributed by atoms with Crippen molar-refractivity contribution in [2.24, 2.45) is 0 Å². The van der Waals surface area contributed by atoms with Gasteiger partial charge in [0.2, 0.25) is 5.91 Å². The van der Waals surface area contributed by atoms with Crippen LogP contribution in [0.2, 0.25) is 0 Å². The van der Waals surface area contributed by atoms with Crippen LogP contribution in [0.1, 0.15) is 37.5 Å². The van der Waals surface area contributed by atoms with Crippen LogP contribution in [0.4, 0.5) is 4.79 Å². The molecule has 2 aromatic rings. The number of aryl methyl sites for hydroxylation is 1. The molecule has 1 saturated heterocycles. The summed E-state index contributed by atoms with van der Waals surface area (Å²) in [7, 11) is -1.65. The van der Waals surface area contributed by atoms with E-state index in [1.807, 2.05) is 0 Å². The van der Waals surface area contributed by atoms with E-state index >= 15 is 0 Å². The number of carbonyl (C=O) groups is 4. The van der Waals surface area contributed by atoms with Gasteiger partial charge in [0, 0.05) is 24.5 Å². The summed E-state index contributed by atoms with van der Waals surface area (Å²) in [4.78, 5) is 52.7. The van der Waals surface area contributed by atoms with Crippen LogP contribution in [0.25, 0.3) is 0 Å². The summed E-state index contributed by atoms with van der Waals surface area (Å²) in [6.07, 6.45) is -2.10. The van der Waals surface area contributed by atoms with E-state index in [1.54, 1.807) is 32.9 Å². The number of imide groups is 2. The molecule has 1 unspecified atom stereocenters. The maximum absolute atomic E-state index is 13.4. The molecule has 1 aliphatic heterocycles. The van der Waals surface area contributed by atoms with Crippen molar-refractivity contribution < 1.29 is 46.0 Å². The largest absolute Gasteiger partial charge is 0.493 e. The third-order valence-corrected chi connectivity index (χ3v) is 7.42. The average Bonchev–Trinajstić information content (AvgIpc) is 2.87. The highest BCUT2D eigenvalue weighted by atomic mass is 32.2. The fourth-order valence-electron chi connectivity index (χ4n) is 4.25. The Labute approximate surface area is 232 Å². The molecule has 1 heterocycles. The van der Waals surface area contributed by atoms with Crippen molar-refractivity contribution in [1.29, 1.82) is 0 Å². The molecule has 12 nitrogen and oxygen atoms in total. The highest BCUT2D eigenvalue weighted by Gasteiger charge is 2.46. The molecule has 0 N–H and O–H groups in total. The van der Waals surface area contributed by atoms with Crippen LogP contribution >= 0.6 is 0 Å². The van der Waals surface area contributed by atoms with Crippen molar-refractivity contribution in [2.45, 2.75) is 58.1 Å². The molecule has 0 aromatic heterocycles. The Morgan fingerprint density at radius 2 is 1.65 bits per heavy atom. The number of nitrogens with zero attached hydrogens (tertiary/aromatic N) is 2. The van der Waals surface area contributed by atoms with Gasteiger partial charge in [-0.05, 0) is 45.9 Å². The number of amides is 4. The third kappa shape index (κ3) is 6.19. The van der Waals surface area contributed by atoms with Gasteiger partial charge >= 0.3 is 16.2 Å². The Morgan fingerprint density at radius 3 is 2.17 bits per heavy atom. The van der Waals surface area contributed by atoms with Gasteiger partial charge in [0.15, 0.2) is 17.2 Å². The first kappa shape index (κ1) is 30.4. The normalized spacial score (nSPS) is 15.8. The first-order valence-corrected chi connectivity index (χ1v) is 13.7. The van der Waals surface area contributed by atoms with Crippen LogP contribution in [0.3, 0.4) is 0 Å². The van der Waals surface area contributed by atoms with Gasteiger partial charge in [-0.25, -0.2) is 9.69 Å². The molecule has 3 rings (SSSR count). The number of hydrogen-bond acceptors (Lipinski definition) is 10. The first-order valence-electron chi connectivity index (χ1n) is 12.3. The number of hydrogen-bond donors (Lipinski definition) is 0. The minimum absolute atomic E-state index is 0.102. The molecule has 1 atom stereocenters. The van der Waals surface area contributed by atoms with E-state index in [2.05, 4.69) is 0 Å². The van der Waals surface area contributed by atoms with Gasteiger partial charge in [0.25, 0.3) is 11.8 Å². The first-order chi connectivity index (χ1) is 18.7. The standard InChI is InChI=1S/C27H32N2O10S/c1-15(2)38-27(33)29-21(26(32)28(18(5)30)14-23(29)31)12-19-13-22(36-6)25(37-7)17(4)24(19)39-40(34,35)20-10-8-16(3)9-11-20/h8-11,13,15,21H,12,14H2,1-7H3. The third-order valence-electron chi connectivity index (χ3n) is 6.18. The van der Waals surface area contributed by atoms with E-state index < -0.39 is 59.0 Å². The second kappa shape index (κ2) is 11.9. The Balaban J connectivity index is 2.18. The van der Waals surface area contributed by atoms with Gasteiger partial charge in [-0.2, -0.15) is 8.42 Å². The molecule has 2 aromatic carbocycles. The number of methoxy groups -OCH3 is 2. The van der Waals surface area contributed by atoms with Crippen LogP contribution < -0.4 is 13.7 Å². The maximum atomic E-state index is 13.4. The predicted molar refractivity (Wildman–Crippen MR) is 142 cm³/mol. The lowest BCUT2D eigenvalue weighted by Crippen LogP contribution is -2.63. The van der Waals surface area contributed by atoms with Gasteiger partial charge in [-0.3, -0.25) is 19.3 Å². The summed E-state index contributed by atoms with van der Waals surface area (Å²) in [6, 6.07) is 5.84. The number of carbonyl (C=O) groups excluding carboxylic acids is 4. The zero-order valence-electron chi connectivity index (χ0n) is 23.3. The molecular weight excluding hydrogens is 544 g/mol. The van der Waals surface area contributed by atoms with E-state index in [0.717, 1.165) is 17.4 Å².